The first kappa shape index (κ1) is 39.4. The molecule has 1 spiro atoms. The number of nitrogens with zero attached hydrogens (tertiary/aromatic N) is 2. The number of hydrogen-bond donors (Lipinski definition) is 0. The number of ketones is 1. The minimum Gasteiger partial charge on any atom is -0.493 e. The Kier molecular flexibility index (Phi) is 12.5. The van der Waals surface area contributed by atoms with Crippen molar-refractivity contribution in [2.24, 2.45) is 5.92 Å². The number of hydrogen-bond acceptors (Lipinski definition) is 5. The van der Waals surface area contributed by atoms with Gasteiger partial charge in [-0.25, -0.2) is 0 Å². The number of ether oxygens (including phenoxy) is 2. The number of carbonyl (C=O) groups excluding carboxylic acids is 2. The molecular formula is C51H62N2O4. The molecular weight excluding hydrogens is 705 g/mol. The summed E-state index contributed by atoms with van der Waals surface area (Å²) in [5, 5.41) is 0. The second kappa shape index (κ2) is 18.0. The van der Waals surface area contributed by atoms with Crippen molar-refractivity contribution in [2.75, 3.05) is 26.7 Å². The Balaban J connectivity index is 1.02. The molecule has 2 aliphatic heterocycles. The first-order valence-electron chi connectivity index (χ1n) is 22.0. The lowest BCUT2D eigenvalue weighted by Gasteiger charge is -2.60. The zero-order chi connectivity index (χ0) is 39.2. The summed E-state index contributed by atoms with van der Waals surface area (Å²) in [5.74, 6) is 2.57. The van der Waals surface area contributed by atoms with Crippen LogP contribution in [0.5, 0.6) is 11.5 Å². The molecule has 4 aromatic carbocycles. The molecule has 5 atom stereocenters. The summed E-state index contributed by atoms with van der Waals surface area (Å²) in [6.07, 6.45) is 14.8. The van der Waals surface area contributed by atoms with Gasteiger partial charge in [0.15, 0.2) is 11.5 Å². The monoisotopic (exact) mass is 766 g/mol. The molecule has 2 fully saturated rings. The molecule has 2 aliphatic carbocycles. The molecule has 0 radical (unpaired) electrons. The minimum atomic E-state index is -0.215. The number of amides is 1. The van der Waals surface area contributed by atoms with Crippen LogP contribution < -0.4 is 9.47 Å². The Hall–Kier alpha value is -4.42. The highest BCUT2D eigenvalue weighted by Crippen LogP contribution is 2.64. The largest absolute Gasteiger partial charge is 0.493 e. The zero-order valence-electron chi connectivity index (χ0n) is 34.2. The van der Waals surface area contributed by atoms with Crippen LogP contribution in [0.1, 0.15) is 118 Å². The van der Waals surface area contributed by atoms with Gasteiger partial charge in [-0.2, -0.15) is 0 Å². The molecule has 2 heterocycles. The predicted molar refractivity (Wildman–Crippen MR) is 228 cm³/mol. The number of rotatable bonds is 19. The molecule has 1 saturated carbocycles. The van der Waals surface area contributed by atoms with Crippen LogP contribution in [-0.4, -0.2) is 66.4 Å². The van der Waals surface area contributed by atoms with Crippen LogP contribution in [0, 0.1) is 5.92 Å². The van der Waals surface area contributed by atoms with Gasteiger partial charge in [0.1, 0.15) is 11.9 Å². The topological polar surface area (TPSA) is 59.1 Å². The van der Waals surface area contributed by atoms with E-state index in [2.05, 4.69) is 113 Å². The number of piperidine rings is 1. The van der Waals surface area contributed by atoms with E-state index in [1.165, 1.54) is 72.8 Å². The van der Waals surface area contributed by atoms with E-state index >= 15 is 0 Å². The van der Waals surface area contributed by atoms with E-state index < -0.39 is 0 Å². The Morgan fingerprint density at radius 3 is 2.09 bits per heavy atom. The normalized spacial score (nSPS) is 23.1. The molecule has 4 aliphatic rings. The molecule has 1 saturated heterocycles. The first-order valence-corrected chi connectivity index (χ1v) is 22.0. The number of benzene rings is 4. The molecule has 4 aromatic rings. The van der Waals surface area contributed by atoms with Gasteiger partial charge in [0.2, 0.25) is 5.91 Å². The summed E-state index contributed by atoms with van der Waals surface area (Å²) in [7, 11) is 1.74. The van der Waals surface area contributed by atoms with E-state index in [-0.39, 0.29) is 41.2 Å². The van der Waals surface area contributed by atoms with Gasteiger partial charge >= 0.3 is 0 Å². The smallest absolute Gasteiger partial charge is 0.222 e. The average molecular weight is 767 g/mol. The summed E-state index contributed by atoms with van der Waals surface area (Å²) in [6, 6.07) is 36.8. The minimum absolute atomic E-state index is 0.0406. The highest BCUT2D eigenvalue weighted by molar-refractivity contribution is 5.78. The van der Waals surface area contributed by atoms with Crippen LogP contribution in [0.25, 0.3) is 0 Å². The Bertz CT molecular complexity index is 1910. The van der Waals surface area contributed by atoms with Gasteiger partial charge in [-0.05, 0) is 92.7 Å². The summed E-state index contributed by atoms with van der Waals surface area (Å²) in [6.45, 7) is 3.69. The molecule has 0 N–H and O–H groups in total. The molecule has 0 aromatic heterocycles. The van der Waals surface area contributed by atoms with Crippen molar-refractivity contribution in [3.05, 3.63) is 131 Å². The fourth-order valence-corrected chi connectivity index (χ4v) is 11.4. The van der Waals surface area contributed by atoms with E-state index in [4.69, 9.17) is 9.47 Å². The van der Waals surface area contributed by atoms with Crippen molar-refractivity contribution in [3.63, 3.8) is 0 Å². The average Bonchev–Trinajstić information content (AvgIpc) is 3.59. The second-order valence-corrected chi connectivity index (χ2v) is 17.4. The van der Waals surface area contributed by atoms with Gasteiger partial charge < -0.3 is 14.4 Å². The SMILES string of the molecule is COc1ccc2c3c1O[C@H]1[C@H](N(CC(c4ccccc4)c4ccccc4)C(=O)CCCCCCCCCCc4ccccc4)CC[C@H]4[C@@H](C2)N(CC(C)=O)CC[C@@]341. The van der Waals surface area contributed by atoms with Crippen LogP contribution >= 0.6 is 0 Å². The van der Waals surface area contributed by atoms with Gasteiger partial charge in [0.05, 0.1) is 19.7 Å². The number of Topliss-reactive ketones (excluding diaryl/α,β-unsaturated/α-hetero) is 1. The third kappa shape index (κ3) is 8.17. The Labute approximate surface area is 341 Å². The van der Waals surface area contributed by atoms with E-state index in [0.29, 0.717) is 25.4 Å². The lowest BCUT2D eigenvalue weighted by molar-refractivity contribution is -0.144. The number of carbonyl (C=O) groups is 2. The van der Waals surface area contributed by atoms with Crippen LogP contribution in [0.4, 0.5) is 0 Å². The fourth-order valence-electron chi connectivity index (χ4n) is 11.4. The maximum atomic E-state index is 15.0. The lowest BCUT2D eigenvalue weighted by Crippen LogP contribution is -2.69. The van der Waals surface area contributed by atoms with Gasteiger partial charge in [-0.15, -0.1) is 0 Å². The molecule has 0 unspecified atom stereocenters. The van der Waals surface area contributed by atoms with Gasteiger partial charge in [0.25, 0.3) is 0 Å². The lowest BCUT2D eigenvalue weighted by atomic mass is 9.51. The van der Waals surface area contributed by atoms with Crippen LogP contribution in [-0.2, 0) is 27.8 Å². The molecule has 6 heteroatoms. The van der Waals surface area contributed by atoms with E-state index in [1.807, 2.05) is 0 Å². The molecule has 300 valence electrons. The van der Waals surface area contributed by atoms with E-state index in [0.717, 1.165) is 56.6 Å². The predicted octanol–water partition coefficient (Wildman–Crippen LogP) is 10.1. The van der Waals surface area contributed by atoms with Crippen LogP contribution in [0.2, 0.25) is 0 Å². The van der Waals surface area contributed by atoms with E-state index in [1.54, 1.807) is 14.0 Å². The Morgan fingerprint density at radius 1 is 0.807 bits per heavy atom. The van der Waals surface area contributed by atoms with Crippen molar-refractivity contribution in [3.8, 4) is 11.5 Å². The zero-order valence-corrected chi connectivity index (χ0v) is 34.2. The number of aryl methyl sites for hydroxylation is 1. The van der Waals surface area contributed by atoms with Gasteiger partial charge in [-0.1, -0.05) is 136 Å². The van der Waals surface area contributed by atoms with Crippen LogP contribution in [0.3, 0.4) is 0 Å². The van der Waals surface area contributed by atoms with Crippen molar-refractivity contribution < 1.29 is 19.1 Å². The van der Waals surface area contributed by atoms with Crippen molar-refractivity contribution in [1.29, 1.82) is 0 Å². The first-order chi connectivity index (χ1) is 28.0. The summed E-state index contributed by atoms with van der Waals surface area (Å²) in [4.78, 5) is 32.2. The molecule has 8 rings (SSSR count). The maximum Gasteiger partial charge on any atom is 0.222 e. The van der Waals surface area contributed by atoms with Gasteiger partial charge in [-0.3, -0.25) is 14.5 Å². The van der Waals surface area contributed by atoms with Crippen molar-refractivity contribution in [1.82, 2.24) is 9.80 Å². The van der Waals surface area contributed by atoms with Crippen molar-refractivity contribution in [2.45, 2.75) is 126 Å². The number of methoxy groups -OCH3 is 1. The highest BCUT2D eigenvalue weighted by Gasteiger charge is 2.66. The second-order valence-electron chi connectivity index (χ2n) is 17.4. The quantitative estimate of drug-likeness (QED) is 0.0890. The number of likely N-dealkylation sites (tertiary alicyclic amines) is 1. The summed E-state index contributed by atoms with van der Waals surface area (Å²) >= 11 is 0. The summed E-state index contributed by atoms with van der Waals surface area (Å²) in [5.41, 5.74) is 6.33. The Morgan fingerprint density at radius 2 is 1.44 bits per heavy atom. The van der Waals surface area contributed by atoms with Crippen molar-refractivity contribution >= 4 is 11.7 Å². The molecule has 1 amide bonds. The third-order valence-corrected chi connectivity index (χ3v) is 14.0. The summed E-state index contributed by atoms with van der Waals surface area (Å²) < 4.78 is 13.3. The molecule has 57 heavy (non-hydrogen) atoms. The molecule has 2 bridgehead atoms. The van der Waals surface area contributed by atoms with Gasteiger partial charge in [0, 0.05) is 35.9 Å². The highest BCUT2D eigenvalue weighted by atomic mass is 16.5. The number of unbranched alkanes of at least 4 members (excludes halogenated alkanes) is 7. The van der Waals surface area contributed by atoms with E-state index in [9.17, 15) is 9.59 Å². The standard InChI is InChI=1S/C51H62N2O4/c1-37(54)35-52-33-32-51-43-29-30-44(50(51)57-49-46(56-2)31-28-41(48(49)51)34-45(43)52)53(36-42(39-23-15-10-16-24-39)40-25-17-11-18-26-40)47(55)27-19-8-6-4-3-5-7-12-20-38-21-13-9-14-22-38/h9-11,13-18,21-26,28,31,42-45,50H,3-8,12,19-20,27,29-30,32-36H2,1-2H3/t43-,44+,45+,50-,51-/m0/s1. The molecule has 6 nitrogen and oxygen atoms in total. The third-order valence-electron chi connectivity index (χ3n) is 14.0. The van der Waals surface area contributed by atoms with Crippen LogP contribution in [0.15, 0.2) is 103 Å². The fraction of sp³-hybridized carbons (Fsp3) is 0.490. The maximum absolute atomic E-state index is 15.0.